The molecule has 2 N–H and O–H groups in total. The highest BCUT2D eigenvalue weighted by molar-refractivity contribution is 5.42. The lowest BCUT2D eigenvalue weighted by atomic mass is 10.0. The molecule has 0 saturated heterocycles. The van der Waals surface area contributed by atoms with E-state index in [0.29, 0.717) is 0 Å². The van der Waals surface area contributed by atoms with Crippen molar-refractivity contribution >= 4 is 5.69 Å². The van der Waals surface area contributed by atoms with Gasteiger partial charge in [-0.25, -0.2) is 0 Å². The van der Waals surface area contributed by atoms with Gasteiger partial charge >= 0.3 is 0 Å². The monoisotopic (exact) mass is 242 g/mol. The van der Waals surface area contributed by atoms with Gasteiger partial charge in [-0.05, 0) is 55.1 Å². The first-order valence-electron chi connectivity index (χ1n) is 7.46. The molecule has 3 aliphatic rings. The number of rotatable bonds is 5. The summed E-state index contributed by atoms with van der Waals surface area (Å²) in [7, 11) is 0. The molecular formula is C16H22N2. The van der Waals surface area contributed by atoms with Crippen LogP contribution in [-0.2, 0) is 0 Å². The number of hydrogen-bond acceptors (Lipinski definition) is 2. The second-order valence-corrected chi connectivity index (χ2v) is 6.26. The first kappa shape index (κ1) is 10.9. The summed E-state index contributed by atoms with van der Waals surface area (Å²) < 4.78 is 0. The number of hydrogen-bond donors (Lipinski definition) is 2. The Bertz CT molecular complexity index is 400. The van der Waals surface area contributed by atoms with E-state index in [0.717, 1.165) is 42.8 Å². The molecule has 96 valence electrons. The summed E-state index contributed by atoms with van der Waals surface area (Å²) >= 11 is 0. The second kappa shape index (κ2) is 4.27. The van der Waals surface area contributed by atoms with Gasteiger partial charge in [-0.1, -0.05) is 18.2 Å². The van der Waals surface area contributed by atoms with E-state index < -0.39 is 0 Å². The van der Waals surface area contributed by atoms with E-state index in [9.17, 15) is 0 Å². The highest BCUT2D eigenvalue weighted by Crippen LogP contribution is 2.65. The molecule has 2 heteroatoms. The molecule has 0 amide bonds. The molecule has 4 rings (SSSR count). The van der Waals surface area contributed by atoms with Gasteiger partial charge in [0.1, 0.15) is 0 Å². The van der Waals surface area contributed by atoms with Crippen molar-refractivity contribution < 1.29 is 0 Å². The standard InChI is InChI=1S/C16H22N2/c1-2-4-13(5-3-1)17-8-9-18-16-14-11-6-7-12(10-11)15(14)16/h1-5,11-12,14-18H,6-10H2. The minimum Gasteiger partial charge on any atom is -0.384 e. The quantitative estimate of drug-likeness (QED) is 0.776. The molecule has 0 radical (unpaired) electrons. The number of para-hydroxylation sites is 1. The van der Waals surface area contributed by atoms with Crippen LogP contribution in [0, 0.1) is 23.7 Å². The summed E-state index contributed by atoms with van der Waals surface area (Å²) in [6.45, 7) is 2.14. The average molecular weight is 242 g/mol. The van der Waals surface area contributed by atoms with Crippen LogP contribution >= 0.6 is 0 Å². The van der Waals surface area contributed by atoms with Gasteiger partial charge in [-0.15, -0.1) is 0 Å². The van der Waals surface area contributed by atoms with Crippen LogP contribution in [0.2, 0.25) is 0 Å². The van der Waals surface area contributed by atoms with Crippen LogP contribution < -0.4 is 10.6 Å². The molecular weight excluding hydrogens is 220 g/mol. The molecule has 0 heterocycles. The van der Waals surface area contributed by atoms with E-state index in [2.05, 4.69) is 41.0 Å². The highest BCUT2D eigenvalue weighted by atomic mass is 15.0. The van der Waals surface area contributed by atoms with Crippen LogP contribution in [0.3, 0.4) is 0 Å². The third-order valence-electron chi connectivity index (χ3n) is 5.34. The third-order valence-corrected chi connectivity index (χ3v) is 5.34. The van der Waals surface area contributed by atoms with Gasteiger partial charge in [0, 0.05) is 24.8 Å². The fourth-order valence-corrected chi connectivity index (χ4v) is 4.60. The lowest BCUT2D eigenvalue weighted by Crippen LogP contribution is -2.28. The molecule has 0 aromatic heterocycles. The normalized spacial score (nSPS) is 39.7. The minimum atomic E-state index is 0.869. The predicted molar refractivity (Wildman–Crippen MR) is 74.5 cm³/mol. The molecule has 0 aliphatic heterocycles. The number of anilines is 1. The maximum absolute atomic E-state index is 3.77. The molecule has 3 aliphatic carbocycles. The Labute approximate surface area is 109 Å². The van der Waals surface area contributed by atoms with Gasteiger partial charge in [0.25, 0.3) is 0 Å². The topological polar surface area (TPSA) is 24.1 Å². The summed E-state index contributed by atoms with van der Waals surface area (Å²) in [6.07, 6.45) is 4.59. The van der Waals surface area contributed by atoms with E-state index in [1.165, 1.54) is 18.5 Å². The first-order valence-corrected chi connectivity index (χ1v) is 7.46. The average Bonchev–Trinajstić information content (AvgIpc) is 2.81. The van der Waals surface area contributed by atoms with Crippen molar-refractivity contribution in [2.45, 2.75) is 25.3 Å². The van der Waals surface area contributed by atoms with E-state index in [4.69, 9.17) is 0 Å². The fourth-order valence-electron chi connectivity index (χ4n) is 4.60. The van der Waals surface area contributed by atoms with Gasteiger partial charge in [0.2, 0.25) is 0 Å². The van der Waals surface area contributed by atoms with Gasteiger partial charge in [0.15, 0.2) is 0 Å². The van der Waals surface area contributed by atoms with Crippen molar-refractivity contribution in [1.82, 2.24) is 5.32 Å². The number of nitrogens with one attached hydrogen (secondary N) is 2. The largest absolute Gasteiger partial charge is 0.384 e. The Balaban J connectivity index is 1.20. The molecule has 18 heavy (non-hydrogen) atoms. The van der Waals surface area contributed by atoms with Crippen molar-refractivity contribution in [1.29, 1.82) is 0 Å². The van der Waals surface area contributed by atoms with E-state index >= 15 is 0 Å². The lowest BCUT2D eigenvalue weighted by molar-refractivity contribution is 0.456. The summed E-state index contributed by atoms with van der Waals surface area (Å²) in [5.41, 5.74) is 1.23. The molecule has 0 spiro atoms. The summed E-state index contributed by atoms with van der Waals surface area (Å²) in [5, 5.41) is 7.24. The zero-order chi connectivity index (χ0) is 11.9. The van der Waals surface area contributed by atoms with E-state index in [1.807, 2.05) is 0 Å². The molecule has 3 fully saturated rings. The zero-order valence-corrected chi connectivity index (χ0v) is 10.8. The predicted octanol–water partition coefficient (Wildman–Crippen LogP) is 2.73. The first-order chi connectivity index (χ1) is 8.93. The molecule has 4 atom stereocenters. The van der Waals surface area contributed by atoms with Crippen LogP contribution in [0.15, 0.2) is 30.3 Å². The molecule has 1 aromatic rings. The molecule has 3 saturated carbocycles. The van der Waals surface area contributed by atoms with Crippen molar-refractivity contribution in [3.63, 3.8) is 0 Å². The number of benzene rings is 1. The van der Waals surface area contributed by atoms with E-state index in [-0.39, 0.29) is 0 Å². The van der Waals surface area contributed by atoms with Crippen molar-refractivity contribution in [3.8, 4) is 0 Å². The van der Waals surface area contributed by atoms with Gasteiger partial charge in [-0.3, -0.25) is 0 Å². The third kappa shape index (κ3) is 1.74. The Morgan fingerprint density at radius 3 is 2.39 bits per heavy atom. The number of fused-ring (bicyclic) bond motifs is 5. The minimum absolute atomic E-state index is 0.869. The zero-order valence-electron chi connectivity index (χ0n) is 10.8. The Morgan fingerprint density at radius 1 is 0.944 bits per heavy atom. The Morgan fingerprint density at radius 2 is 1.67 bits per heavy atom. The molecule has 4 unspecified atom stereocenters. The van der Waals surface area contributed by atoms with Gasteiger partial charge < -0.3 is 10.6 Å². The summed E-state index contributed by atoms with van der Waals surface area (Å²) in [6, 6.07) is 11.4. The van der Waals surface area contributed by atoms with Crippen LogP contribution in [0.4, 0.5) is 5.69 Å². The maximum Gasteiger partial charge on any atom is 0.0340 e. The van der Waals surface area contributed by atoms with Crippen LogP contribution in [0.1, 0.15) is 19.3 Å². The smallest absolute Gasteiger partial charge is 0.0340 e. The maximum atomic E-state index is 3.77. The second-order valence-electron chi connectivity index (χ2n) is 6.26. The highest BCUT2D eigenvalue weighted by Gasteiger charge is 2.64. The van der Waals surface area contributed by atoms with E-state index in [1.54, 1.807) is 6.42 Å². The molecule has 2 nitrogen and oxygen atoms in total. The molecule has 2 bridgehead atoms. The van der Waals surface area contributed by atoms with Crippen molar-refractivity contribution in [2.24, 2.45) is 23.7 Å². The summed E-state index contributed by atoms with van der Waals surface area (Å²) in [5.74, 6) is 4.28. The lowest BCUT2D eigenvalue weighted by Gasteiger charge is -2.11. The van der Waals surface area contributed by atoms with Crippen LogP contribution in [0.25, 0.3) is 0 Å². The Hall–Kier alpha value is -1.02. The Kier molecular flexibility index (Phi) is 2.58. The van der Waals surface area contributed by atoms with Gasteiger partial charge in [0.05, 0.1) is 0 Å². The SMILES string of the molecule is c1ccc(NCCNC2C3C4CCC(C4)C23)cc1. The van der Waals surface area contributed by atoms with Crippen molar-refractivity contribution in [3.05, 3.63) is 30.3 Å². The fraction of sp³-hybridized carbons (Fsp3) is 0.625. The molecule has 1 aromatic carbocycles. The van der Waals surface area contributed by atoms with Crippen molar-refractivity contribution in [2.75, 3.05) is 18.4 Å². The van der Waals surface area contributed by atoms with Crippen LogP contribution in [0.5, 0.6) is 0 Å². The van der Waals surface area contributed by atoms with Crippen LogP contribution in [-0.4, -0.2) is 19.1 Å². The summed E-state index contributed by atoms with van der Waals surface area (Å²) in [4.78, 5) is 0. The van der Waals surface area contributed by atoms with Gasteiger partial charge in [-0.2, -0.15) is 0 Å².